The number of amides is 1. The van der Waals surface area contributed by atoms with E-state index in [2.05, 4.69) is 10.5 Å². The number of hydrogen-bond acceptors (Lipinski definition) is 5. The highest BCUT2D eigenvalue weighted by Gasteiger charge is 2.34. The molecular weight excluding hydrogens is 365 g/mol. The molecule has 2 aromatic rings. The fourth-order valence-corrected chi connectivity index (χ4v) is 2.83. The standard InChI is InChI=1S/C18H19F3N2O4/c1-10-14(16(24)22-8-13-9-25-17(2,3)26-13)15(27-23-10)11-5-4-6-12(7-11)18(19,20)21/h4-7,13H,8-9H2,1-3H3,(H,22,24)/t13-/m1/s1. The maximum Gasteiger partial charge on any atom is 0.416 e. The number of carbonyl (C=O) groups is 1. The Bertz CT molecular complexity index is 845. The van der Waals surface area contributed by atoms with Crippen molar-refractivity contribution in [3.63, 3.8) is 0 Å². The van der Waals surface area contributed by atoms with E-state index in [0.29, 0.717) is 6.61 Å². The number of alkyl halides is 3. The molecule has 2 heterocycles. The lowest BCUT2D eigenvalue weighted by Gasteiger charge is -2.17. The molecule has 1 aromatic carbocycles. The van der Waals surface area contributed by atoms with Crippen molar-refractivity contribution in [1.29, 1.82) is 0 Å². The Morgan fingerprint density at radius 2 is 2.11 bits per heavy atom. The summed E-state index contributed by atoms with van der Waals surface area (Å²) in [5.74, 6) is -1.24. The zero-order chi connectivity index (χ0) is 19.8. The van der Waals surface area contributed by atoms with E-state index in [1.807, 2.05) is 0 Å². The van der Waals surface area contributed by atoms with Crippen molar-refractivity contribution in [1.82, 2.24) is 10.5 Å². The number of nitrogens with zero attached hydrogens (tertiary/aromatic N) is 1. The number of halogens is 3. The summed E-state index contributed by atoms with van der Waals surface area (Å²) in [7, 11) is 0. The largest absolute Gasteiger partial charge is 0.416 e. The summed E-state index contributed by atoms with van der Waals surface area (Å²) in [6, 6.07) is 4.56. The van der Waals surface area contributed by atoms with Crippen LogP contribution in [0.25, 0.3) is 11.3 Å². The quantitative estimate of drug-likeness (QED) is 0.873. The van der Waals surface area contributed by atoms with Crippen LogP contribution in [0.1, 0.15) is 35.5 Å². The first-order valence-electron chi connectivity index (χ1n) is 8.31. The van der Waals surface area contributed by atoms with Gasteiger partial charge in [0.05, 0.1) is 17.9 Å². The van der Waals surface area contributed by atoms with Crippen LogP contribution in [0.2, 0.25) is 0 Å². The van der Waals surface area contributed by atoms with Gasteiger partial charge in [0.2, 0.25) is 0 Å². The molecule has 0 aliphatic carbocycles. The Labute approximate surface area is 153 Å². The third kappa shape index (κ3) is 4.30. The Morgan fingerprint density at radius 3 is 2.74 bits per heavy atom. The van der Waals surface area contributed by atoms with Crippen molar-refractivity contribution in [2.75, 3.05) is 13.2 Å². The number of hydrogen-bond donors (Lipinski definition) is 1. The molecule has 6 nitrogen and oxygen atoms in total. The van der Waals surface area contributed by atoms with Crippen LogP contribution in [0.15, 0.2) is 28.8 Å². The minimum atomic E-state index is -4.50. The SMILES string of the molecule is Cc1noc(-c2cccc(C(F)(F)F)c2)c1C(=O)NC[C@@H]1COC(C)(C)O1. The molecular formula is C18H19F3N2O4. The molecule has 0 spiro atoms. The lowest BCUT2D eigenvalue weighted by Crippen LogP contribution is -2.34. The highest BCUT2D eigenvalue weighted by molar-refractivity contribution is 6.00. The number of benzene rings is 1. The van der Waals surface area contributed by atoms with E-state index in [0.717, 1.165) is 12.1 Å². The van der Waals surface area contributed by atoms with Gasteiger partial charge in [-0.3, -0.25) is 4.79 Å². The highest BCUT2D eigenvalue weighted by Crippen LogP contribution is 2.33. The number of aromatic nitrogens is 1. The van der Waals surface area contributed by atoms with E-state index >= 15 is 0 Å². The highest BCUT2D eigenvalue weighted by atomic mass is 19.4. The third-order valence-electron chi connectivity index (χ3n) is 4.10. The normalized spacial score (nSPS) is 19.3. The molecule has 1 fully saturated rings. The minimum Gasteiger partial charge on any atom is -0.355 e. The molecule has 1 aromatic heterocycles. The topological polar surface area (TPSA) is 73.6 Å². The first-order chi connectivity index (χ1) is 12.6. The van der Waals surface area contributed by atoms with Crippen LogP contribution in [0.4, 0.5) is 13.2 Å². The number of rotatable bonds is 4. The Kier molecular flexibility index (Phi) is 5.00. The molecule has 9 heteroatoms. The van der Waals surface area contributed by atoms with Crippen molar-refractivity contribution < 1.29 is 32.0 Å². The molecule has 0 radical (unpaired) electrons. The average molecular weight is 384 g/mol. The molecule has 0 bridgehead atoms. The van der Waals surface area contributed by atoms with Crippen molar-refractivity contribution in [2.24, 2.45) is 0 Å². The smallest absolute Gasteiger partial charge is 0.355 e. The fraction of sp³-hybridized carbons (Fsp3) is 0.444. The van der Waals surface area contributed by atoms with Gasteiger partial charge in [0.1, 0.15) is 11.7 Å². The predicted octanol–water partition coefficient (Wildman–Crippen LogP) is 3.55. The Balaban J connectivity index is 1.80. The summed E-state index contributed by atoms with van der Waals surface area (Å²) in [6.45, 7) is 5.61. The predicted molar refractivity (Wildman–Crippen MR) is 88.9 cm³/mol. The summed E-state index contributed by atoms with van der Waals surface area (Å²) in [5, 5.41) is 6.43. The number of ether oxygens (including phenoxy) is 2. The first-order valence-corrected chi connectivity index (χ1v) is 8.31. The van der Waals surface area contributed by atoms with E-state index in [4.69, 9.17) is 14.0 Å². The number of nitrogens with one attached hydrogen (secondary N) is 1. The molecule has 1 aliphatic rings. The summed E-state index contributed by atoms with van der Waals surface area (Å²) >= 11 is 0. The molecule has 27 heavy (non-hydrogen) atoms. The first kappa shape index (κ1) is 19.4. The summed E-state index contributed by atoms with van der Waals surface area (Å²) in [6.07, 6.45) is -4.82. The van der Waals surface area contributed by atoms with Gasteiger partial charge in [-0.15, -0.1) is 0 Å². The number of aryl methyl sites for hydroxylation is 1. The van der Waals surface area contributed by atoms with Gasteiger partial charge in [-0.25, -0.2) is 0 Å². The van der Waals surface area contributed by atoms with Crippen molar-refractivity contribution in [3.05, 3.63) is 41.1 Å². The van der Waals surface area contributed by atoms with Gasteiger partial charge in [0.25, 0.3) is 5.91 Å². The van der Waals surface area contributed by atoms with E-state index < -0.39 is 23.4 Å². The summed E-state index contributed by atoms with van der Waals surface area (Å²) < 4.78 is 55.0. The second-order valence-electron chi connectivity index (χ2n) is 6.71. The van der Waals surface area contributed by atoms with Crippen LogP contribution < -0.4 is 5.32 Å². The van der Waals surface area contributed by atoms with Crippen molar-refractivity contribution >= 4 is 5.91 Å². The Hall–Kier alpha value is -2.39. The minimum absolute atomic E-state index is 0.0139. The fourth-order valence-electron chi connectivity index (χ4n) is 2.83. The molecule has 3 rings (SSSR count). The van der Waals surface area contributed by atoms with Crippen LogP contribution >= 0.6 is 0 Å². The van der Waals surface area contributed by atoms with Crippen LogP contribution in [0.5, 0.6) is 0 Å². The molecule has 0 unspecified atom stereocenters. The molecule has 1 atom stereocenters. The molecule has 1 amide bonds. The van der Waals surface area contributed by atoms with Gasteiger partial charge in [0, 0.05) is 12.1 Å². The molecule has 1 aliphatic heterocycles. The molecule has 1 saturated heterocycles. The van der Waals surface area contributed by atoms with E-state index in [1.54, 1.807) is 20.8 Å². The van der Waals surface area contributed by atoms with Gasteiger partial charge in [-0.05, 0) is 32.9 Å². The lowest BCUT2D eigenvalue weighted by atomic mass is 10.0. The van der Waals surface area contributed by atoms with Gasteiger partial charge in [-0.2, -0.15) is 13.2 Å². The average Bonchev–Trinajstić information content (AvgIpc) is 3.14. The summed E-state index contributed by atoms with van der Waals surface area (Å²) in [5.41, 5.74) is -0.340. The monoisotopic (exact) mass is 384 g/mol. The van der Waals surface area contributed by atoms with Crippen LogP contribution in [-0.2, 0) is 15.7 Å². The number of carbonyl (C=O) groups excluding carboxylic acids is 1. The van der Waals surface area contributed by atoms with E-state index in [9.17, 15) is 18.0 Å². The third-order valence-corrected chi connectivity index (χ3v) is 4.10. The molecule has 1 N–H and O–H groups in total. The van der Waals surface area contributed by atoms with Crippen molar-refractivity contribution in [3.8, 4) is 11.3 Å². The second-order valence-corrected chi connectivity index (χ2v) is 6.71. The van der Waals surface area contributed by atoms with Gasteiger partial charge in [0.15, 0.2) is 11.5 Å². The maximum atomic E-state index is 13.0. The molecule has 0 saturated carbocycles. The zero-order valence-electron chi connectivity index (χ0n) is 15.0. The van der Waals surface area contributed by atoms with Crippen LogP contribution in [0, 0.1) is 6.92 Å². The van der Waals surface area contributed by atoms with Gasteiger partial charge >= 0.3 is 6.18 Å². The van der Waals surface area contributed by atoms with Crippen molar-refractivity contribution in [2.45, 2.75) is 38.8 Å². The van der Waals surface area contributed by atoms with Crippen LogP contribution in [0.3, 0.4) is 0 Å². The lowest BCUT2D eigenvalue weighted by molar-refractivity contribution is -0.138. The van der Waals surface area contributed by atoms with Gasteiger partial charge in [-0.1, -0.05) is 17.3 Å². The van der Waals surface area contributed by atoms with E-state index in [1.165, 1.54) is 12.1 Å². The second kappa shape index (κ2) is 6.97. The van der Waals surface area contributed by atoms with Gasteiger partial charge < -0.3 is 19.3 Å². The molecule has 146 valence electrons. The van der Waals surface area contributed by atoms with Crippen LogP contribution in [-0.4, -0.2) is 36.1 Å². The van der Waals surface area contributed by atoms with E-state index in [-0.39, 0.29) is 35.2 Å². The summed E-state index contributed by atoms with van der Waals surface area (Å²) in [4.78, 5) is 12.6. The Morgan fingerprint density at radius 1 is 1.37 bits per heavy atom. The maximum absolute atomic E-state index is 13.0. The zero-order valence-corrected chi connectivity index (χ0v) is 15.0.